The van der Waals surface area contributed by atoms with E-state index in [2.05, 4.69) is 54.7 Å². The van der Waals surface area contributed by atoms with Crippen molar-refractivity contribution < 1.29 is 0 Å². The molecule has 0 aliphatic rings. The molecular weight excluding hydrogens is 240 g/mol. The van der Waals surface area contributed by atoms with Crippen LogP contribution in [0.25, 0.3) is 0 Å². The minimum absolute atomic E-state index is 0.409. The van der Waals surface area contributed by atoms with Crippen LogP contribution in [0.15, 0.2) is 35.8 Å². The number of aryl methyl sites for hydroxylation is 1. The number of aromatic nitrogens is 1. The molecule has 2 aromatic heterocycles. The Balaban J connectivity index is 2.05. The highest BCUT2D eigenvalue weighted by molar-refractivity contribution is 7.10. The highest BCUT2D eigenvalue weighted by Crippen LogP contribution is 2.26. The van der Waals surface area contributed by atoms with Crippen molar-refractivity contribution in [1.82, 2.24) is 10.3 Å². The number of thiophene rings is 1. The molecule has 1 unspecified atom stereocenters. The molecule has 0 aliphatic carbocycles. The van der Waals surface area contributed by atoms with Gasteiger partial charge in [-0.3, -0.25) is 4.98 Å². The molecule has 0 bridgehead atoms. The number of nitrogens with zero attached hydrogens (tertiary/aromatic N) is 1. The lowest BCUT2D eigenvalue weighted by Gasteiger charge is -2.21. The number of hydrogen-bond donors (Lipinski definition) is 1. The Hall–Kier alpha value is -1.19. The lowest BCUT2D eigenvalue weighted by atomic mass is 10.0. The van der Waals surface area contributed by atoms with Crippen LogP contribution in [0.4, 0.5) is 0 Å². The zero-order valence-electron chi connectivity index (χ0n) is 11.2. The van der Waals surface area contributed by atoms with Crippen molar-refractivity contribution in [3.05, 3.63) is 52.0 Å². The van der Waals surface area contributed by atoms with E-state index in [1.54, 1.807) is 0 Å². The van der Waals surface area contributed by atoms with Gasteiger partial charge in [0.25, 0.3) is 0 Å². The fraction of sp³-hybridized carbons (Fsp3) is 0.400. The van der Waals surface area contributed by atoms with Gasteiger partial charge < -0.3 is 5.32 Å². The van der Waals surface area contributed by atoms with Crippen LogP contribution in [0.5, 0.6) is 0 Å². The third-order valence-corrected chi connectivity index (χ3v) is 4.08. The van der Waals surface area contributed by atoms with Gasteiger partial charge in [0, 0.05) is 23.7 Å². The Morgan fingerprint density at radius 2 is 2.11 bits per heavy atom. The SMILES string of the molecule is Cc1cccnc1CNC(c1cccs1)C(C)C. The van der Waals surface area contributed by atoms with Crippen LogP contribution in [0, 0.1) is 12.8 Å². The summed E-state index contributed by atoms with van der Waals surface area (Å²) in [5, 5.41) is 5.76. The lowest BCUT2D eigenvalue weighted by Crippen LogP contribution is -2.25. The van der Waals surface area contributed by atoms with Crippen LogP contribution in [0.1, 0.15) is 36.0 Å². The Kier molecular flexibility index (Phi) is 4.50. The molecule has 0 aliphatic heterocycles. The van der Waals surface area contributed by atoms with Gasteiger partial charge in [-0.15, -0.1) is 11.3 Å². The van der Waals surface area contributed by atoms with Crippen LogP contribution in [-0.4, -0.2) is 4.98 Å². The molecule has 0 saturated carbocycles. The van der Waals surface area contributed by atoms with Gasteiger partial charge >= 0.3 is 0 Å². The molecule has 1 N–H and O–H groups in total. The van der Waals surface area contributed by atoms with Gasteiger partial charge in [-0.05, 0) is 35.9 Å². The third-order valence-electron chi connectivity index (χ3n) is 3.12. The first kappa shape index (κ1) is 13.2. The highest BCUT2D eigenvalue weighted by atomic mass is 32.1. The molecule has 18 heavy (non-hydrogen) atoms. The van der Waals surface area contributed by atoms with Crippen molar-refractivity contribution >= 4 is 11.3 Å². The van der Waals surface area contributed by atoms with Crippen molar-refractivity contribution in [3.63, 3.8) is 0 Å². The smallest absolute Gasteiger partial charge is 0.0570 e. The maximum atomic E-state index is 4.43. The Morgan fingerprint density at radius 1 is 1.28 bits per heavy atom. The summed E-state index contributed by atoms with van der Waals surface area (Å²) in [5.74, 6) is 0.577. The molecule has 0 aromatic carbocycles. The molecule has 2 aromatic rings. The van der Waals surface area contributed by atoms with E-state index in [0.717, 1.165) is 12.2 Å². The summed E-state index contributed by atoms with van der Waals surface area (Å²) >= 11 is 1.82. The summed E-state index contributed by atoms with van der Waals surface area (Å²) in [6, 6.07) is 8.82. The zero-order chi connectivity index (χ0) is 13.0. The molecule has 0 radical (unpaired) electrons. The van der Waals surface area contributed by atoms with E-state index in [0.29, 0.717) is 12.0 Å². The van der Waals surface area contributed by atoms with Crippen LogP contribution >= 0.6 is 11.3 Å². The summed E-state index contributed by atoms with van der Waals surface area (Å²) in [6.07, 6.45) is 1.86. The van der Waals surface area contributed by atoms with E-state index in [1.165, 1.54) is 10.4 Å². The van der Waals surface area contributed by atoms with E-state index in [9.17, 15) is 0 Å². The minimum Gasteiger partial charge on any atom is -0.303 e. The first-order chi connectivity index (χ1) is 8.68. The van der Waals surface area contributed by atoms with Crippen molar-refractivity contribution in [3.8, 4) is 0 Å². The Morgan fingerprint density at radius 3 is 2.72 bits per heavy atom. The van der Waals surface area contributed by atoms with Gasteiger partial charge in [0.05, 0.1) is 5.69 Å². The molecule has 3 heteroatoms. The predicted octanol–water partition coefficient (Wildman–Crippen LogP) is 3.94. The molecular formula is C15H20N2S. The Labute approximate surface area is 113 Å². The summed E-state index contributed by atoms with van der Waals surface area (Å²) in [6.45, 7) is 7.44. The van der Waals surface area contributed by atoms with Gasteiger partial charge in [-0.25, -0.2) is 0 Å². The maximum Gasteiger partial charge on any atom is 0.0570 e. The average Bonchev–Trinajstić information content (AvgIpc) is 2.85. The van der Waals surface area contributed by atoms with Gasteiger partial charge in [-0.2, -0.15) is 0 Å². The van der Waals surface area contributed by atoms with Crippen molar-refractivity contribution in [1.29, 1.82) is 0 Å². The highest BCUT2D eigenvalue weighted by Gasteiger charge is 2.16. The van der Waals surface area contributed by atoms with Gasteiger partial charge in [0.2, 0.25) is 0 Å². The summed E-state index contributed by atoms with van der Waals surface area (Å²) in [7, 11) is 0. The third kappa shape index (κ3) is 3.18. The van der Waals surface area contributed by atoms with Gasteiger partial charge in [-0.1, -0.05) is 26.0 Å². The van der Waals surface area contributed by atoms with Crippen molar-refractivity contribution in [2.24, 2.45) is 5.92 Å². The number of rotatable bonds is 5. The quantitative estimate of drug-likeness (QED) is 0.881. The van der Waals surface area contributed by atoms with Crippen LogP contribution in [0.2, 0.25) is 0 Å². The second-order valence-corrected chi connectivity index (χ2v) is 5.86. The molecule has 2 nitrogen and oxygen atoms in total. The second-order valence-electron chi connectivity index (χ2n) is 4.89. The molecule has 2 rings (SSSR count). The van der Waals surface area contributed by atoms with Crippen LogP contribution in [0.3, 0.4) is 0 Å². The standard InChI is InChI=1S/C15H20N2S/c1-11(2)15(14-7-5-9-18-14)17-10-13-12(3)6-4-8-16-13/h4-9,11,15,17H,10H2,1-3H3. The molecule has 2 heterocycles. The summed E-state index contributed by atoms with van der Waals surface area (Å²) in [5.41, 5.74) is 2.39. The fourth-order valence-electron chi connectivity index (χ4n) is 2.04. The zero-order valence-corrected chi connectivity index (χ0v) is 12.0. The lowest BCUT2D eigenvalue weighted by molar-refractivity contribution is 0.414. The molecule has 96 valence electrons. The van der Waals surface area contributed by atoms with E-state index >= 15 is 0 Å². The molecule has 0 saturated heterocycles. The van der Waals surface area contributed by atoms with Crippen molar-refractivity contribution in [2.75, 3.05) is 0 Å². The molecule has 0 fully saturated rings. The summed E-state index contributed by atoms with van der Waals surface area (Å²) in [4.78, 5) is 5.83. The normalized spacial score (nSPS) is 12.9. The van der Waals surface area contributed by atoms with Gasteiger partial charge in [0.1, 0.15) is 0 Å². The fourth-order valence-corrected chi connectivity index (χ4v) is 3.02. The van der Waals surface area contributed by atoms with Crippen LogP contribution < -0.4 is 5.32 Å². The summed E-state index contributed by atoms with van der Waals surface area (Å²) < 4.78 is 0. The van der Waals surface area contributed by atoms with E-state index in [-0.39, 0.29) is 0 Å². The molecule has 0 spiro atoms. The molecule has 0 amide bonds. The number of pyridine rings is 1. The average molecular weight is 260 g/mol. The number of hydrogen-bond acceptors (Lipinski definition) is 3. The van der Waals surface area contributed by atoms with Gasteiger partial charge in [0.15, 0.2) is 0 Å². The monoisotopic (exact) mass is 260 g/mol. The van der Waals surface area contributed by atoms with E-state index in [4.69, 9.17) is 0 Å². The number of nitrogens with one attached hydrogen (secondary N) is 1. The maximum absolute atomic E-state index is 4.43. The predicted molar refractivity (Wildman–Crippen MR) is 77.7 cm³/mol. The first-order valence-electron chi connectivity index (χ1n) is 6.35. The second kappa shape index (κ2) is 6.12. The Bertz CT molecular complexity index is 477. The minimum atomic E-state index is 0.409. The first-order valence-corrected chi connectivity index (χ1v) is 7.23. The van der Waals surface area contributed by atoms with Crippen molar-refractivity contribution in [2.45, 2.75) is 33.4 Å². The topological polar surface area (TPSA) is 24.9 Å². The molecule has 1 atom stereocenters. The van der Waals surface area contributed by atoms with E-state index in [1.807, 2.05) is 23.6 Å². The van der Waals surface area contributed by atoms with Crippen LogP contribution in [-0.2, 0) is 6.54 Å². The largest absolute Gasteiger partial charge is 0.303 e. The van der Waals surface area contributed by atoms with E-state index < -0.39 is 0 Å².